The molecule has 1 saturated carbocycles. The van der Waals surface area contributed by atoms with Gasteiger partial charge in [-0.15, -0.1) is 0 Å². The third kappa shape index (κ3) is 9.39. The first kappa shape index (κ1) is 33.3. The van der Waals surface area contributed by atoms with Crippen LogP contribution < -0.4 is 14.8 Å². The molecule has 0 heterocycles. The molecule has 2 aliphatic rings. The van der Waals surface area contributed by atoms with Gasteiger partial charge in [-0.2, -0.15) is 0 Å². The van der Waals surface area contributed by atoms with E-state index in [9.17, 15) is 24.6 Å². The van der Waals surface area contributed by atoms with Crippen molar-refractivity contribution in [1.29, 1.82) is 0 Å². The molecule has 3 atom stereocenters. The Kier molecular flexibility index (Phi) is 13.8. The maximum absolute atomic E-state index is 13.7. The third-order valence-corrected chi connectivity index (χ3v) is 8.51. The molecule has 0 bridgehead atoms. The zero-order valence-electron chi connectivity index (χ0n) is 24.0. The van der Waals surface area contributed by atoms with Crippen LogP contribution in [0.2, 0.25) is 0 Å². The minimum absolute atomic E-state index is 0.0595. The molecule has 3 unspecified atom stereocenters. The Labute approximate surface area is 255 Å². The summed E-state index contributed by atoms with van der Waals surface area (Å²) in [6.45, 7) is 3.19. The van der Waals surface area contributed by atoms with Crippen LogP contribution in [-0.4, -0.2) is 91.5 Å². The van der Waals surface area contributed by atoms with Crippen LogP contribution in [0, 0.1) is 9.49 Å². The van der Waals surface area contributed by atoms with Crippen molar-refractivity contribution in [3.05, 3.63) is 32.9 Å². The molecule has 0 aliphatic heterocycles. The van der Waals surface area contributed by atoms with E-state index in [0.717, 1.165) is 19.3 Å². The van der Waals surface area contributed by atoms with E-state index in [1.165, 1.54) is 20.0 Å². The molecule has 2 amide bonds. The average Bonchev–Trinajstić information content (AvgIpc) is 3.50. The zero-order valence-corrected chi connectivity index (χ0v) is 26.1. The molecule has 3 N–H and O–H groups in total. The number of aliphatic hydroxyl groups excluding tert-OH is 2. The lowest BCUT2D eigenvalue weighted by molar-refractivity contribution is -0.139. The summed E-state index contributed by atoms with van der Waals surface area (Å²) in [5, 5.41) is 23.6. The second-order valence-electron chi connectivity index (χ2n) is 10.5. The van der Waals surface area contributed by atoms with Crippen molar-refractivity contribution in [3.63, 3.8) is 0 Å². The van der Waals surface area contributed by atoms with Crippen molar-refractivity contribution in [3.8, 4) is 11.5 Å². The molecule has 0 saturated heterocycles. The number of benzene rings is 1. The molecule has 10 nitrogen and oxygen atoms in total. The van der Waals surface area contributed by atoms with Crippen molar-refractivity contribution < 1.29 is 38.8 Å². The van der Waals surface area contributed by atoms with Crippen molar-refractivity contribution in [2.24, 2.45) is 5.92 Å². The first-order chi connectivity index (χ1) is 19.8. The highest BCUT2D eigenvalue weighted by atomic mass is 127. The molecule has 0 radical (unpaired) electrons. The van der Waals surface area contributed by atoms with E-state index in [4.69, 9.17) is 14.2 Å². The fraction of sp³-hybridized carbons (Fsp3) is 0.633. The van der Waals surface area contributed by atoms with Gasteiger partial charge in [-0.3, -0.25) is 14.4 Å². The first-order valence-electron chi connectivity index (χ1n) is 14.5. The fourth-order valence-corrected chi connectivity index (χ4v) is 6.32. The zero-order chi connectivity index (χ0) is 29.8. The van der Waals surface area contributed by atoms with Gasteiger partial charge in [0.2, 0.25) is 11.8 Å². The molecule has 11 heteroatoms. The lowest BCUT2D eigenvalue weighted by Gasteiger charge is -2.41. The van der Waals surface area contributed by atoms with E-state index in [1.807, 2.05) is 29.5 Å². The summed E-state index contributed by atoms with van der Waals surface area (Å²) in [6.07, 6.45) is 6.75. The summed E-state index contributed by atoms with van der Waals surface area (Å²) in [5.41, 5.74) is 0.768. The smallest absolute Gasteiger partial charge is 0.247 e. The van der Waals surface area contributed by atoms with Crippen LogP contribution in [0.1, 0.15) is 68.6 Å². The average molecular weight is 687 g/mol. The van der Waals surface area contributed by atoms with Crippen LogP contribution >= 0.6 is 22.6 Å². The predicted octanol–water partition coefficient (Wildman–Crippen LogP) is 3.25. The van der Waals surface area contributed by atoms with Crippen LogP contribution in [-0.2, 0) is 14.3 Å². The van der Waals surface area contributed by atoms with Gasteiger partial charge in [-0.25, -0.2) is 0 Å². The van der Waals surface area contributed by atoms with Gasteiger partial charge in [0.1, 0.15) is 18.5 Å². The van der Waals surface area contributed by atoms with Crippen LogP contribution in [0.15, 0.2) is 23.8 Å². The van der Waals surface area contributed by atoms with Crippen LogP contribution in [0.5, 0.6) is 11.5 Å². The fourth-order valence-electron chi connectivity index (χ4n) is 5.56. The predicted molar refractivity (Wildman–Crippen MR) is 162 cm³/mol. The summed E-state index contributed by atoms with van der Waals surface area (Å²) in [6, 6.07) is 2.47. The number of halogens is 1. The second-order valence-corrected chi connectivity index (χ2v) is 11.7. The molecule has 1 fully saturated rings. The van der Waals surface area contributed by atoms with Gasteiger partial charge in [-0.05, 0) is 66.5 Å². The van der Waals surface area contributed by atoms with Crippen molar-refractivity contribution in [1.82, 2.24) is 10.2 Å². The maximum Gasteiger partial charge on any atom is 0.247 e. The molecule has 2 aliphatic carbocycles. The lowest BCUT2D eigenvalue weighted by Crippen LogP contribution is -2.55. The standard InChI is InChI=1S/C30H43IN2O8/c1-3-40-14-6-12-33(27(36)10-9-20-7-4-5-8-20)24-17-22(30(38)32-11-13-34)18-25(28(24)37)41-29-23(31)15-21(19-35)16-26(29)39-2/h15-16,18-20,24-25,28,34,37H,3-14,17H2,1-2H3,(H,32,38). The number of rotatable bonds is 16. The molecular weight excluding hydrogens is 643 g/mol. The number of hydrogen-bond acceptors (Lipinski definition) is 8. The van der Waals surface area contributed by atoms with Gasteiger partial charge in [0.25, 0.3) is 0 Å². The third-order valence-electron chi connectivity index (χ3n) is 7.71. The highest BCUT2D eigenvalue weighted by molar-refractivity contribution is 14.1. The Bertz CT molecular complexity index is 1060. The number of amides is 2. The summed E-state index contributed by atoms with van der Waals surface area (Å²) in [4.78, 5) is 39.8. The van der Waals surface area contributed by atoms with Crippen molar-refractivity contribution in [2.75, 3.05) is 40.0 Å². The van der Waals surface area contributed by atoms with Gasteiger partial charge in [0.05, 0.1) is 23.3 Å². The Balaban J connectivity index is 1.92. The SMILES string of the molecule is CCOCCCN(C(=O)CCC1CCCC1)C1CC(C(=O)NCCO)=CC(Oc2c(I)cc(C=O)cc2OC)C1O. The molecule has 228 valence electrons. The van der Waals surface area contributed by atoms with E-state index < -0.39 is 24.2 Å². The number of ether oxygens (including phenoxy) is 3. The summed E-state index contributed by atoms with van der Waals surface area (Å²) in [7, 11) is 1.46. The van der Waals surface area contributed by atoms with Gasteiger partial charge in [0.15, 0.2) is 11.5 Å². The van der Waals surface area contributed by atoms with Crippen LogP contribution in [0.25, 0.3) is 0 Å². The highest BCUT2D eigenvalue weighted by Crippen LogP contribution is 2.37. The molecule has 3 rings (SSSR count). The van der Waals surface area contributed by atoms with E-state index in [2.05, 4.69) is 5.32 Å². The van der Waals surface area contributed by atoms with Gasteiger partial charge < -0.3 is 34.6 Å². The Hall–Kier alpha value is -2.22. The summed E-state index contributed by atoms with van der Waals surface area (Å²) >= 11 is 2.03. The first-order valence-corrected chi connectivity index (χ1v) is 15.5. The number of aldehydes is 1. The number of aliphatic hydroxyl groups is 2. The lowest BCUT2D eigenvalue weighted by atomic mass is 9.87. The van der Waals surface area contributed by atoms with Gasteiger partial charge >= 0.3 is 0 Å². The number of methoxy groups -OCH3 is 1. The monoisotopic (exact) mass is 686 g/mol. The number of nitrogens with zero attached hydrogens (tertiary/aromatic N) is 1. The number of nitrogens with one attached hydrogen (secondary N) is 1. The largest absolute Gasteiger partial charge is 0.493 e. The highest BCUT2D eigenvalue weighted by Gasteiger charge is 2.41. The number of carbonyl (C=O) groups is 3. The molecule has 0 spiro atoms. The minimum Gasteiger partial charge on any atom is -0.493 e. The van der Waals surface area contributed by atoms with Gasteiger partial charge in [0, 0.05) is 50.3 Å². The molecule has 1 aromatic carbocycles. The van der Waals surface area contributed by atoms with E-state index in [1.54, 1.807) is 23.1 Å². The normalized spacial score (nSPS) is 20.8. The topological polar surface area (TPSA) is 135 Å². The number of carbonyl (C=O) groups excluding carboxylic acids is 3. The van der Waals surface area contributed by atoms with Crippen molar-refractivity contribution >= 4 is 40.7 Å². The quantitative estimate of drug-likeness (QED) is 0.137. The molecule has 0 aromatic heterocycles. The summed E-state index contributed by atoms with van der Waals surface area (Å²) < 4.78 is 17.9. The second kappa shape index (κ2) is 17.0. The molecular formula is C30H43IN2O8. The van der Waals surface area contributed by atoms with Crippen LogP contribution in [0.4, 0.5) is 0 Å². The van der Waals surface area contributed by atoms with E-state index >= 15 is 0 Å². The van der Waals surface area contributed by atoms with Crippen LogP contribution in [0.3, 0.4) is 0 Å². The maximum atomic E-state index is 13.7. The number of hydrogen-bond donors (Lipinski definition) is 3. The Morgan fingerprint density at radius 1 is 1.24 bits per heavy atom. The summed E-state index contributed by atoms with van der Waals surface area (Å²) in [5.74, 6) is 0.727. The van der Waals surface area contributed by atoms with E-state index in [-0.39, 0.29) is 25.5 Å². The van der Waals surface area contributed by atoms with E-state index in [0.29, 0.717) is 71.0 Å². The molecule has 41 heavy (non-hydrogen) atoms. The molecule has 1 aromatic rings. The minimum atomic E-state index is -1.14. The Morgan fingerprint density at radius 3 is 2.66 bits per heavy atom. The van der Waals surface area contributed by atoms with Crippen molar-refractivity contribution in [2.45, 2.75) is 76.5 Å². The Morgan fingerprint density at radius 2 is 2.00 bits per heavy atom. The van der Waals surface area contributed by atoms with Gasteiger partial charge in [-0.1, -0.05) is 25.7 Å².